The Balaban J connectivity index is 2.44. The van der Waals surface area contributed by atoms with Crippen LogP contribution in [0.4, 0.5) is 13.2 Å². The van der Waals surface area contributed by atoms with Gasteiger partial charge in [0.05, 0.1) is 11.6 Å². The molecule has 0 saturated heterocycles. The molecule has 0 aliphatic heterocycles. The molecule has 2 nitrogen and oxygen atoms in total. The normalized spacial score (nSPS) is 13.2. The maximum absolute atomic E-state index is 12.8. The van der Waals surface area contributed by atoms with Crippen molar-refractivity contribution in [1.29, 1.82) is 0 Å². The number of aryl methyl sites for hydroxylation is 2. The first kappa shape index (κ1) is 15.5. The third kappa shape index (κ3) is 3.43. The van der Waals surface area contributed by atoms with Crippen molar-refractivity contribution in [2.45, 2.75) is 26.1 Å². The Morgan fingerprint density at radius 1 is 0.952 bits per heavy atom. The van der Waals surface area contributed by atoms with E-state index in [1.165, 1.54) is 6.07 Å². The number of hydrogen-bond acceptors (Lipinski definition) is 2. The molecule has 0 heterocycles. The molecule has 21 heavy (non-hydrogen) atoms. The van der Waals surface area contributed by atoms with E-state index in [9.17, 15) is 13.2 Å². The lowest BCUT2D eigenvalue weighted by Crippen LogP contribution is -2.29. The number of benzene rings is 2. The predicted molar refractivity (Wildman–Crippen MR) is 76.5 cm³/mol. The molecule has 0 bridgehead atoms. The third-order valence-electron chi connectivity index (χ3n) is 3.58. The van der Waals surface area contributed by atoms with E-state index in [4.69, 9.17) is 5.84 Å². The van der Waals surface area contributed by atoms with Gasteiger partial charge in [-0.05, 0) is 48.2 Å². The Hall–Kier alpha value is -1.85. The SMILES string of the molecule is Cc1ccc(C(NN)c2cccc(C(F)(F)F)c2)cc1C. The van der Waals surface area contributed by atoms with E-state index >= 15 is 0 Å². The first-order valence-electron chi connectivity index (χ1n) is 6.53. The molecule has 0 spiro atoms. The molecule has 0 fully saturated rings. The van der Waals surface area contributed by atoms with Gasteiger partial charge in [0.15, 0.2) is 0 Å². The quantitative estimate of drug-likeness (QED) is 0.666. The van der Waals surface area contributed by atoms with E-state index in [1.54, 1.807) is 6.07 Å². The molecule has 3 N–H and O–H groups in total. The average molecular weight is 294 g/mol. The first-order chi connectivity index (χ1) is 9.82. The van der Waals surface area contributed by atoms with Gasteiger partial charge in [0.1, 0.15) is 0 Å². The molecule has 2 rings (SSSR count). The summed E-state index contributed by atoms with van der Waals surface area (Å²) in [5, 5.41) is 0. The van der Waals surface area contributed by atoms with Crippen molar-refractivity contribution in [1.82, 2.24) is 5.43 Å². The van der Waals surface area contributed by atoms with Gasteiger partial charge in [-0.15, -0.1) is 0 Å². The zero-order chi connectivity index (χ0) is 15.6. The second kappa shape index (κ2) is 5.87. The third-order valence-corrected chi connectivity index (χ3v) is 3.58. The van der Waals surface area contributed by atoms with Crippen LogP contribution in [0.3, 0.4) is 0 Å². The fraction of sp³-hybridized carbons (Fsp3) is 0.250. The number of hydrazine groups is 1. The summed E-state index contributed by atoms with van der Waals surface area (Å²) in [5.41, 5.74) is 5.42. The summed E-state index contributed by atoms with van der Waals surface area (Å²) in [7, 11) is 0. The highest BCUT2D eigenvalue weighted by molar-refractivity contribution is 5.38. The highest BCUT2D eigenvalue weighted by Gasteiger charge is 2.31. The monoisotopic (exact) mass is 294 g/mol. The first-order valence-corrected chi connectivity index (χ1v) is 6.53. The molecule has 1 unspecified atom stereocenters. The van der Waals surface area contributed by atoms with Crippen LogP contribution in [0.25, 0.3) is 0 Å². The Morgan fingerprint density at radius 3 is 2.19 bits per heavy atom. The molecule has 5 heteroatoms. The van der Waals surface area contributed by atoms with E-state index in [0.29, 0.717) is 5.56 Å². The number of hydrogen-bond donors (Lipinski definition) is 2. The van der Waals surface area contributed by atoms with Gasteiger partial charge in [0.25, 0.3) is 0 Å². The number of halogens is 3. The minimum Gasteiger partial charge on any atom is -0.271 e. The average Bonchev–Trinajstić information content (AvgIpc) is 2.43. The summed E-state index contributed by atoms with van der Waals surface area (Å²) in [6, 6.07) is 10.5. The van der Waals surface area contributed by atoms with Gasteiger partial charge in [-0.25, -0.2) is 5.43 Å². The van der Waals surface area contributed by atoms with Crippen LogP contribution in [0, 0.1) is 13.8 Å². The lowest BCUT2D eigenvalue weighted by molar-refractivity contribution is -0.137. The Labute approximate surface area is 121 Å². The summed E-state index contributed by atoms with van der Waals surface area (Å²) >= 11 is 0. The van der Waals surface area contributed by atoms with Crippen LogP contribution >= 0.6 is 0 Å². The van der Waals surface area contributed by atoms with Crippen molar-refractivity contribution >= 4 is 0 Å². The Kier molecular flexibility index (Phi) is 4.34. The molecule has 0 aliphatic rings. The number of nitrogens with two attached hydrogens (primary N) is 1. The van der Waals surface area contributed by atoms with Crippen molar-refractivity contribution in [3.05, 3.63) is 70.3 Å². The fourth-order valence-corrected chi connectivity index (χ4v) is 2.22. The van der Waals surface area contributed by atoms with Gasteiger partial charge >= 0.3 is 6.18 Å². The highest BCUT2D eigenvalue weighted by Crippen LogP contribution is 2.32. The van der Waals surface area contributed by atoms with E-state index in [2.05, 4.69) is 5.43 Å². The molecule has 0 saturated carbocycles. The Morgan fingerprint density at radius 2 is 1.62 bits per heavy atom. The van der Waals surface area contributed by atoms with Crippen molar-refractivity contribution < 1.29 is 13.2 Å². The van der Waals surface area contributed by atoms with Crippen LogP contribution in [-0.4, -0.2) is 0 Å². The van der Waals surface area contributed by atoms with Crippen molar-refractivity contribution in [2.75, 3.05) is 0 Å². The molecule has 112 valence electrons. The number of nitrogens with one attached hydrogen (secondary N) is 1. The summed E-state index contributed by atoms with van der Waals surface area (Å²) in [6.45, 7) is 3.94. The van der Waals surface area contributed by atoms with E-state index < -0.39 is 17.8 Å². The zero-order valence-electron chi connectivity index (χ0n) is 11.8. The number of rotatable bonds is 3. The minimum absolute atomic E-state index is 0.480. The molecule has 0 aromatic heterocycles. The van der Waals surface area contributed by atoms with Gasteiger partial charge in [-0.2, -0.15) is 13.2 Å². The number of alkyl halides is 3. The topological polar surface area (TPSA) is 38.0 Å². The molecule has 0 radical (unpaired) electrons. The van der Waals surface area contributed by atoms with Gasteiger partial charge < -0.3 is 0 Å². The van der Waals surface area contributed by atoms with Crippen LogP contribution < -0.4 is 11.3 Å². The lowest BCUT2D eigenvalue weighted by Gasteiger charge is -2.19. The second-order valence-electron chi connectivity index (χ2n) is 5.07. The molecule has 2 aromatic carbocycles. The fourth-order valence-electron chi connectivity index (χ4n) is 2.22. The zero-order valence-corrected chi connectivity index (χ0v) is 11.8. The lowest BCUT2D eigenvalue weighted by atomic mass is 9.95. The van der Waals surface area contributed by atoms with Gasteiger partial charge in [-0.3, -0.25) is 5.84 Å². The van der Waals surface area contributed by atoms with Crippen molar-refractivity contribution in [2.24, 2.45) is 5.84 Å². The van der Waals surface area contributed by atoms with Crippen molar-refractivity contribution in [3.8, 4) is 0 Å². The molecule has 0 aliphatic carbocycles. The molecular formula is C16H17F3N2. The van der Waals surface area contributed by atoms with Crippen molar-refractivity contribution in [3.63, 3.8) is 0 Å². The molecule has 1 atom stereocenters. The largest absolute Gasteiger partial charge is 0.416 e. The van der Waals surface area contributed by atoms with E-state index in [-0.39, 0.29) is 0 Å². The highest BCUT2D eigenvalue weighted by atomic mass is 19.4. The van der Waals surface area contributed by atoms with Gasteiger partial charge in [0, 0.05) is 0 Å². The summed E-state index contributed by atoms with van der Waals surface area (Å²) in [6.07, 6.45) is -4.36. The van der Waals surface area contributed by atoms with Gasteiger partial charge in [0.2, 0.25) is 0 Å². The molecular weight excluding hydrogens is 277 g/mol. The van der Waals surface area contributed by atoms with Crippen LogP contribution in [0.1, 0.15) is 33.9 Å². The van der Waals surface area contributed by atoms with E-state index in [0.717, 1.165) is 28.8 Å². The molecule has 2 aromatic rings. The second-order valence-corrected chi connectivity index (χ2v) is 5.07. The molecule has 0 amide bonds. The Bertz CT molecular complexity index is 636. The van der Waals surface area contributed by atoms with E-state index in [1.807, 2.05) is 32.0 Å². The summed E-state index contributed by atoms with van der Waals surface area (Å²) < 4.78 is 38.4. The minimum atomic E-state index is -4.36. The standard InChI is InChI=1S/C16H17F3N2/c1-10-6-7-13(8-11(10)2)15(21-20)12-4-3-5-14(9-12)16(17,18)19/h3-9,15,21H,20H2,1-2H3. The van der Waals surface area contributed by atoms with Crippen LogP contribution in [0.15, 0.2) is 42.5 Å². The van der Waals surface area contributed by atoms with Crippen LogP contribution in [0.5, 0.6) is 0 Å². The maximum Gasteiger partial charge on any atom is 0.416 e. The van der Waals surface area contributed by atoms with Crippen LogP contribution in [0.2, 0.25) is 0 Å². The predicted octanol–water partition coefficient (Wildman–Crippen LogP) is 3.87. The van der Waals surface area contributed by atoms with Gasteiger partial charge in [-0.1, -0.05) is 30.3 Å². The summed E-state index contributed by atoms with van der Waals surface area (Å²) in [5.74, 6) is 5.55. The summed E-state index contributed by atoms with van der Waals surface area (Å²) in [4.78, 5) is 0. The maximum atomic E-state index is 12.8. The van der Waals surface area contributed by atoms with Crippen LogP contribution in [-0.2, 0) is 6.18 Å². The smallest absolute Gasteiger partial charge is 0.271 e.